The molecule has 8 nitrogen and oxygen atoms in total. The molecule has 0 heterocycles. The van der Waals surface area contributed by atoms with Gasteiger partial charge in [0.1, 0.15) is 0 Å². The molecule has 0 fully saturated rings. The van der Waals surface area contributed by atoms with Gasteiger partial charge in [-0.15, -0.1) is 48.0 Å². The Morgan fingerprint density at radius 2 is 0.967 bits per heavy atom. The predicted octanol–water partition coefficient (Wildman–Crippen LogP) is 3.38. The maximum Gasteiger partial charge on any atom is 0.208 e. The molecule has 0 saturated carbocycles. The fourth-order valence-electron chi connectivity index (χ4n) is 2.91. The number of halogens is 2. The number of hydrazone groups is 2. The molecule has 0 amide bonds. The molecule has 0 aliphatic carbocycles. The molecule has 6 N–H and O–H groups in total. The van der Waals surface area contributed by atoms with Crippen molar-refractivity contribution in [2.24, 2.45) is 10.2 Å². The van der Waals surface area contributed by atoms with E-state index < -0.39 is 0 Å². The number of rotatable bonds is 4. The van der Waals surface area contributed by atoms with Crippen LogP contribution in [0, 0.1) is 10.8 Å². The third-order valence-corrected chi connectivity index (χ3v) is 4.25. The van der Waals surface area contributed by atoms with Crippen molar-refractivity contribution in [2.45, 2.75) is 0 Å². The first-order chi connectivity index (χ1) is 13.7. The van der Waals surface area contributed by atoms with Crippen LogP contribution in [0.4, 0.5) is 0 Å². The minimum atomic E-state index is 0. The van der Waals surface area contributed by atoms with Gasteiger partial charge < -0.3 is 10.6 Å². The normalized spacial score (nSPS) is 10.5. The number of benzene rings is 3. The highest BCUT2D eigenvalue weighted by Crippen LogP contribution is 2.31. The number of nitrogens with zero attached hydrogens (tertiary/aromatic N) is 2. The van der Waals surface area contributed by atoms with Gasteiger partial charge in [-0.05, 0) is 21.5 Å². The second kappa shape index (κ2) is 12.3. The number of guanidine groups is 2. The summed E-state index contributed by atoms with van der Waals surface area (Å²) in [7, 11) is 3.32. The third-order valence-electron chi connectivity index (χ3n) is 4.25. The number of hydrogen-bond acceptors (Lipinski definition) is 4. The van der Waals surface area contributed by atoms with Crippen LogP contribution in [0.1, 0.15) is 11.1 Å². The molecule has 3 aromatic carbocycles. The molecule has 10 heteroatoms. The summed E-state index contributed by atoms with van der Waals surface area (Å²) in [5.74, 6) is 0.235. The number of fused-ring (bicyclic) bond motifs is 2. The highest BCUT2D eigenvalue weighted by atomic mass is 127. The minimum absolute atomic E-state index is 0. The summed E-state index contributed by atoms with van der Waals surface area (Å²) in [6.45, 7) is 0. The van der Waals surface area contributed by atoms with Crippen molar-refractivity contribution in [2.75, 3.05) is 14.1 Å². The molecule has 0 radical (unpaired) electrons. The minimum Gasteiger partial charge on any atom is -0.358 e. The number of nitrogens with one attached hydrogen (secondary N) is 6. The Balaban J connectivity index is 0.00000225. The van der Waals surface area contributed by atoms with Crippen LogP contribution >= 0.6 is 48.0 Å². The molecule has 0 saturated heterocycles. The lowest BCUT2D eigenvalue weighted by Gasteiger charge is -2.12. The molecule has 0 bridgehead atoms. The van der Waals surface area contributed by atoms with E-state index in [2.05, 4.69) is 31.7 Å². The zero-order chi connectivity index (χ0) is 19.9. The van der Waals surface area contributed by atoms with Crippen molar-refractivity contribution in [3.05, 3.63) is 59.7 Å². The van der Waals surface area contributed by atoms with Crippen LogP contribution < -0.4 is 21.5 Å². The molecule has 0 unspecified atom stereocenters. The molecule has 0 spiro atoms. The van der Waals surface area contributed by atoms with Crippen LogP contribution in [0.2, 0.25) is 0 Å². The zero-order valence-corrected chi connectivity index (χ0v) is 21.1. The summed E-state index contributed by atoms with van der Waals surface area (Å²) in [5, 5.41) is 33.1. The van der Waals surface area contributed by atoms with Crippen LogP contribution in [0.3, 0.4) is 0 Å². The van der Waals surface area contributed by atoms with Crippen LogP contribution in [0.5, 0.6) is 0 Å². The quantitative estimate of drug-likeness (QED) is 0.0872. The maximum absolute atomic E-state index is 7.61. The largest absolute Gasteiger partial charge is 0.358 e. The summed E-state index contributed by atoms with van der Waals surface area (Å²) >= 11 is 0. The van der Waals surface area contributed by atoms with Crippen molar-refractivity contribution in [3.63, 3.8) is 0 Å². The molecule has 0 aliphatic rings. The Kier molecular flexibility index (Phi) is 10.5. The van der Waals surface area contributed by atoms with Gasteiger partial charge in [-0.1, -0.05) is 48.5 Å². The van der Waals surface area contributed by atoms with Crippen molar-refractivity contribution >= 4 is 93.8 Å². The Labute approximate surface area is 209 Å². The Hall–Kier alpha value is -2.48. The Morgan fingerprint density at radius 1 is 0.667 bits per heavy atom. The van der Waals surface area contributed by atoms with E-state index in [1.165, 1.54) is 0 Å². The van der Waals surface area contributed by atoms with Crippen LogP contribution in [0.25, 0.3) is 21.5 Å². The summed E-state index contributed by atoms with van der Waals surface area (Å²) < 4.78 is 0. The molecule has 3 rings (SSSR count). The van der Waals surface area contributed by atoms with Gasteiger partial charge in [-0.3, -0.25) is 10.8 Å². The van der Waals surface area contributed by atoms with Gasteiger partial charge in [-0.2, -0.15) is 10.2 Å². The molecule has 3 aromatic rings. The summed E-state index contributed by atoms with van der Waals surface area (Å²) in [6.07, 6.45) is 3.46. The lowest BCUT2D eigenvalue weighted by Crippen LogP contribution is -2.29. The van der Waals surface area contributed by atoms with E-state index in [9.17, 15) is 0 Å². The van der Waals surface area contributed by atoms with E-state index in [0.717, 1.165) is 32.7 Å². The monoisotopic (exact) mass is 630 g/mol. The van der Waals surface area contributed by atoms with Crippen LogP contribution in [-0.4, -0.2) is 38.4 Å². The first-order valence-corrected chi connectivity index (χ1v) is 8.70. The van der Waals surface area contributed by atoms with Gasteiger partial charge in [0.05, 0.1) is 12.4 Å². The zero-order valence-electron chi connectivity index (χ0n) is 16.5. The topological polar surface area (TPSA) is 121 Å². The van der Waals surface area contributed by atoms with Crippen molar-refractivity contribution in [1.29, 1.82) is 10.8 Å². The molecular formula is C20H24I2N8. The second-order valence-electron chi connectivity index (χ2n) is 5.91. The SMILES string of the molecule is CNC(=N)NN=Cc1c2ccccc2c(C=NNC(=N)NC)c2ccccc12.I.I. The lowest BCUT2D eigenvalue weighted by atomic mass is 9.92. The third kappa shape index (κ3) is 5.78. The maximum atomic E-state index is 7.61. The lowest BCUT2D eigenvalue weighted by molar-refractivity contribution is 0.936. The molecule has 30 heavy (non-hydrogen) atoms. The number of hydrogen-bond donors (Lipinski definition) is 6. The van der Waals surface area contributed by atoms with Gasteiger partial charge in [-0.25, -0.2) is 10.9 Å². The van der Waals surface area contributed by atoms with E-state index >= 15 is 0 Å². The van der Waals surface area contributed by atoms with E-state index in [4.69, 9.17) is 10.8 Å². The fraction of sp³-hybridized carbons (Fsp3) is 0.100. The summed E-state index contributed by atoms with van der Waals surface area (Å²) in [5.41, 5.74) is 7.21. The van der Waals surface area contributed by atoms with Crippen LogP contribution in [-0.2, 0) is 0 Å². The van der Waals surface area contributed by atoms with E-state index in [1.54, 1.807) is 26.5 Å². The predicted molar refractivity (Wildman–Crippen MR) is 147 cm³/mol. The van der Waals surface area contributed by atoms with E-state index in [0.29, 0.717) is 0 Å². The molecular weight excluding hydrogens is 606 g/mol. The average Bonchev–Trinajstić information content (AvgIpc) is 2.74. The van der Waals surface area contributed by atoms with Gasteiger partial charge in [0, 0.05) is 25.2 Å². The average molecular weight is 630 g/mol. The second-order valence-corrected chi connectivity index (χ2v) is 5.91. The standard InChI is InChI=1S/C20H22N8.2HI/c1-23-19(21)27-25-11-17-13-7-3-5-9-15(13)18(12-26-28-20(22)24-2)16-10-6-4-8-14(16)17;;/h3-12H,1-2H3,(H3,21,23,27)(H3,22,24,28);2*1H. The first kappa shape index (κ1) is 25.6. The van der Waals surface area contributed by atoms with Crippen molar-refractivity contribution in [3.8, 4) is 0 Å². The summed E-state index contributed by atoms with van der Waals surface area (Å²) in [4.78, 5) is 0. The highest BCUT2D eigenvalue weighted by Gasteiger charge is 2.11. The van der Waals surface area contributed by atoms with E-state index in [-0.39, 0.29) is 59.9 Å². The van der Waals surface area contributed by atoms with Gasteiger partial charge in [0.2, 0.25) is 11.9 Å². The molecule has 0 aliphatic heterocycles. The van der Waals surface area contributed by atoms with Crippen LogP contribution in [0.15, 0.2) is 58.7 Å². The van der Waals surface area contributed by atoms with Gasteiger partial charge in [0.25, 0.3) is 0 Å². The van der Waals surface area contributed by atoms with Gasteiger partial charge >= 0.3 is 0 Å². The molecule has 158 valence electrons. The smallest absolute Gasteiger partial charge is 0.208 e. The summed E-state index contributed by atoms with van der Waals surface area (Å²) in [6, 6.07) is 16.1. The van der Waals surface area contributed by atoms with E-state index in [1.807, 2.05) is 48.5 Å². The Bertz CT molecular complexity index is 952. The Morgan fingerprint density at radius 3 is 1.23 bits per heavy atom. The molecule has 0 atom stereocenters. The first-order valence-electron chi connectivity index (χ1n) is 8.70. The molecule has 0 aromatic heterocycles. The highest BCUT2D eigenvalue weighted by molar-refractivity contribution is 14.0. The van der Waals surface area contributed by atoms with Crippen molar-refractivity contribution in [1.82, 2.24) is 21.5 Å². The van der Waals surface area contributed by atoms with Gasteiger partial charge in [0.15, 0.2) is 0 Å². The fourth-order valence-corrected chi connectivity index (χ4v) is 2.91. The van der Waals surface area contributed by atoms with Crippen molar-refractivity contribution < 1.29 is 0 Å².